The van der Waals surface area contributed by atoms with Crippen LogP contribution in [0.15, 0.2) is 18.2 Å². The van der Waals surface area contributed by atoms with Crippen LogP contribution in [0.4, 0.5) is 10.1 Å². The molecule has 1 atom stereocenters. The molecular weight excluding hydrogens is 247 g/mol. The number of nitrogens with one attached hydrogen (secondary N) is 1. The van der Waals surface area contributed by atoms with Gasteiger partial charge in [0.25, 0.3) is 0 Å². The molecule has 0 amide bonds. The average molecular weight is 266 g/mol. The lowest BCUT2D eigenvalue weighted by atomic mass is 10.1. The normalized spacial score (nSPS) is 16.3. The molecule has 4 nitrogen and oxygen atoms in total. The van der Waals surface area contributed by atoms with E-state index in [-0.39, 0.29) is 0 Å². The molecule has 1 unspecified atom stereocenters. The van der Waals surface area contributed by atoms with Crippen molar-refractivity contribution >= 4 is 5.69 Å². The second-order valence-corrected chi connectivity index (χ2v) is 5.17. The zero-order valence-electron chi connectivity index (χ0n) is 11.1. The van der Waals surface area contributed by atoms with Crippen LogP contribution < -0.4 is 5.32 Å². The lowest BCUT2D eigenvalue weighted by Gasteiger charge is -2.16. The van der Waals surface area contributed by atoms with Crippen molar-refractivity contribution in [2.45, 2.75) is 45.2 Å². The molecule has 0 aromatic heterocycles. The monoisotopic (exact) mass is 266 g/mol. The van der Waals surface area contributed by atoms with Crippen molar-refractivity contribution in [2.24, 2.45) is 5.92 Å². The number of benzene rings is 1. The van der Waals surface area contributed by atoms with Crippen LogP contribution in [0.1, 0.15) is 38.2 Å². The highest BCUT2D eigenvalue weighted by atomic mass is 19.1. The number of halogens is 1. The van der Waals surface area contributed by atoms with Crippen molar-refractivity contribution in [1.29, 1.82) is 0 Å². The van der Waals surface area contributed by atoms with Crippen molar-refractivity contribution < 1.29 is 9.31 Å². The van der Waals surface area contributed by atoms with Crippen LogP contribution in [0.5, 0.6) is 0 Å². The molecule has 1 aliphatic carbocycles. The van der Waals surface area contributed by atoms with Gasteiger partial charge in [-0.1, -0.05) is 31.9 Å². The summed E-state index contributed by atoms with van der Waals surface area (Å²) in [5.41, 5.74) is -0.0852. The topological polar surface area (TPSA) is 55.2 Å². The first-order chi connectivity index (χ1) is 9.11. The van der Waals surface area contributed by atoms with Gasteiger partial charge in [-0.05, 0) is 18.8 Å². The van der Waals surface area contributed by atoms with Gasteiger partial charge in [0.15, 0.2) is 0 Å². The van der Waals surface area contributed by atoms with Crippen LogP contribution in [-0.2, 0) is 6.54 Å². The summed E-state index contributed by atoms with van der Waals surface area (Å²) in [5.74, 6) is 0.0914. The summed E-state index contributed by atoms with van der Waals surface area (Å²) in [4.78, 5) is 9.99. The van der Waals surface area contributed by atoms with E-state index in [0.29, 0.717) is 18.2 Å². The minimum absolute atomic E-state index is 0.346. The minimum atomic E-state index is -0.721. The summed E-state index contributed by atoms with van der Waals surface area (Å²) >= 11 is 0. The van der Waals surface area contributed by atoms with Crippen LogP contribution in [0.25, 0.3) is 0 Å². The quantitative estimate of drug-likeness (QED) is 0.608. The third-order valence-corrected chi connectivity index (χ3v) is 3.64. The molecule has 1 N–H and O–H groups in total. The van der Waals surface area contributed by atoms with E-state index in [2.05, 4.69) is 12.2 Å². The van der Waals surface area contributed by atoms with Crippen molar-refractivity contribution in [3.05, 3.63) is 39.7 Å². The highest BCUT2D eigenvalue weighted by Crippen LogP contribution is 2.34. The van der Waals surface area contributed by atoms with Crippen LogP contribution in [0.3, 0.4) is 0 Å². The third kappa shape index (κ3) is 3.73. The van der Waals surface area contributed by atoms with Gasteiger partial charge in [-0.3, -0.25) is 10.1 Å². The maximum Gasteiger partial charge on any atom is 0.305 e. The predicted molar refractivity (Wildman–Crippen MR) is 71.3 cm³/mol. The Morgan fingerprint density at radius 1 is 1.53 bits per heavy atom. The molecule has 19 heavy (non-hydrogen) atoms. The van der Waals surface area contributed by atoms with E-state index in [1.165, 1.54) is 25.0 Å². The number of nitrogens with zero attached hydrogens (tertiary/aromatic N) is 1. The highest BCUT2D eigenvalue weighted by Gasteiger charge is 2.25. The van der Waals surface area contributed by atoms with Crippen LogP contribution >= 0.6 is 0 Å². The first kappa shape index (κ1) is 13.9. The minimum Gasteiger partial charge on any atom is -0.310 e. The smallest absolute Gasteiger partial charge is 0.305 e. The van der Waals surface area contributed by atoms with Gasteiger partial charge >= 0.3 is 5.69 Å². The first-order valence-electron chi connectivity index (χ1n) is 6.77. The summed E-state index contributed by atoms with van der Waals surface area (Å²) in [5, 5.41) is 14.0. The molecule has 0 bridgehead atoms. The molecular formula is C14H19FN2O2. The fourth-order valence-electron chi connectivity index (χ4n) is 2.25. The van der Waals surface area contributed by atoms with Crippen LogP contribution in [-0.4, -0.2) is 11.0 Å². The summed E-state index contributed by atoms with van der Waals surface area (Å²) in [7, 11) is 0. The molecule has 0 radical (unpaired) electrons. The molecule has 0 aliphatic heterocycles. The molecule has 1 saturated carbocycles. The summed E-state index contributed by atoms with van der Waals surface area (Å²) < 4.78 is 13.9. The fraction of sp³-hybridized carbons (Fsp3) is 0.571. The van der Waals surface area contributed by atoms with Gasteiger partial charge in [-0.2, -0.15) is 4.39 Å². The van der Waals surface area contributed by atoms with Gasteiger partial charge in [0.2, 0.25) is 5.82 Å². The van der Waals surface area contributed by atoms with Gasteiger partial charge in [0, 0.05) is 24.2 Å². The Bertz CT molecular complexity index is 461. The molecule has 2 rings (SSSR count). The molecule has 0 saturated heterocycles. The van der Waals surface area contributed by atoms with Gasteiger partial charge in [0.1, 0.15) is 0 Å². The maximum atomic E-state index is 13.9. The summed E-state index contributed by atoms with van der Waals surface area (Å²) in [6.45, 7) is 2.45. The van der Waals surface area contributed by atoms with Crippen LogP contribution in [0.2, 0.25) is 0 Å². The van der Waals surface area contributed by atoms with E-state index in [4.69, 9.17) is 0 Å². The second kappa shape index (κ2) is 6.10. The number of hydrogen-bond acceptors (Lipinski definition) is 3. The Morgan fingerprint density at radius 2 is 2.26 bits per heavy atom. The van der Waals surface area contributed by atoms with E-state index in [1.807, 2.05) is 0 Å². The van der Waals surface area contributed by atoms with E-state index in [9.17, 15) is 14.5 Å². The lowest BCUT2D eigenvalue weighted by Crippen LogP contribution is -2.28. The highest BCUT2D eigenvalue weighted by molar-refractivity contribution is 5.36. The Hall–Kier alpha value is -1.49. The molecule has 1 fully saturated rings. The lowest BCUT2D eigenvalue weighted by molar-refractivity contribution is -0.387. The third-order valence-electron chi connectivity index (χ3n) is 3.64. The zero-order chi connectivity index (χ0) is 13.8. The van der Waals surface area contributed by atoms with Gasteiger partial charge < -0.3 is 5.32 Å². The molecule has 1 aliphatic rings. The van der Waals surface area contributed by atoms with Crippen molar-refractivity contribution in [3.63, 3.8) is 0 Å². The molecule has 104 valence electrons. The average Bonchev–Trinajstić information content (AvgIpc) is 3.19. The molecule has 0 spiro atoms. The number of rotatable bonds is 7. The van der Waals surface area contributed by atoms with E-state index < -0.39 is 16.4 Å². The Balaban J connectivity index is 1.97. The summed E-state index contributed by atoms with van der Waals surface area (Å²) in [6, 6.07) is 4.69. The van der Waals surface area contributed by atoms with Gasteiger partial charge in [0.05, 0.1) is 4.92 Å². The Labute approximate surface area is 112 Å². The van der Waals surface area contributed by atoms with E-state index in [1.54, 1.807) is 6.07 Å². The number of nitro groups is 1. The van der Waals surface area contributed by atoms with E-state index in [0.717, 1.165) is 18.8 Å². The fourth-order valence-corrected chi connectivity index (χ4v) is 2.25. The standard InChI is InChI=1S/C14H19FN2O2/c1-2-12(8-10-6-7-10)16-9-11-4-3-5-13(14(11)15)17(18)19/h3-5,10,12,16H,2,6-9H2,1H3. The van der Waals surface area contributed by atoms with Crippen molar-refractivity contribution in [2.75, 3.05) is 0 Å². The van der Waals surface area contributed by atoms with E-state index >= 15 is 0 Å². The molecule has 1 aromatic rings. The first-order valence-corrected chi connectivity index (χ1v) is 6.77. The van der Waals surface area contributed by atoms with Crippen LogP contribution in [0, 0.1) is 21.8 Å². The molecule has 1 aromatic carbocycles. The zero-order valence-corrected chi connectivity index (χ0v) is 11.1. The largest absolute Gasteiger partial charge is 0.310 e. The second-order valence-electron chi connectivity index (χ2n) is 5.17. The molecule has 5 heteroatoms. The SMILES string of the molecule is CCC(CC1CC1)NCc1cccc([N+](=O)[O-])c1F. The Kier molecular flexibility index (Phi) is 4.47. The maximum absolute atomic E-state index is 13.9. The number of hydrogen-bond donors (Lipinski definition) is 1. The summed E-state index contributed by atoms with van der Waals surface area (Å²) in [6.07, 6.45) is 4.70. The van der Waals surface area contributed by atoms with Crippen molar-refractivity contribution in [3.8, 4) is 0 Å². The van der Waals surface area contributed by atoms with Crippen molar-refractivity contribution in [1.82, 2.24) is 5.32 Å². The Morgan fingerprint density at radius 3 is 2.84 bits per heavy atom. The number of nitro benzene ring substituents is 1. The van der Waals surface area contributed by atoms with Gasteiger partial charge in [-0.25, -0.2) is 0 Å². The van der Waals surface area contributed by atoms with Gasteiger partial charge in [-0.15, -0.1) is 0 Å². The molecule has 0 heterocycles. The predicted octanol–water partition coefficient (Wildman–Crippen LogP) is 3.40.